The van der Waals surface area contributed by atoms with Gasteiger partial charge < -0.3 is 5.73 Å². The van der Waals surface area contributed by atoms with Gasteiger partial charge in [0.1, 0.15) is 0 Å². The van der Waals surface area contributed by atoms with E-state index in [-0.39, 0.29) is 10.9 Å². The zero-order valence-electron chi connectivity index (χ0n) is 9.60. The Bertz CT molecular complexity index is 491. The zero-order valence-corrected chi connectivity index (χ0v) is 12.8. The molecule has 1 aromatic carbocycles. The van der Waals surface area contributed by atoms with Crippen molar-refractivity contribution in [2.75, 3.05) is 17.7 Å². The molecule has 1 rings (SSSR count). The molecule has 4 nitrogen and oxygen atoms in total. The van der Waals surface area contributed by atoms with Crippen molar-refractivity contribution >= 4 is 43.4 Å². The fraction of sp³-hybridized carbons (Fsp3) is 0.400. The van der Waals surface area contributed by atoms with Gasteiger partial charge in [0, 0.05) is 22.0 Å². The minimum atomic E-state index is -3.49. The molecule has 96 valence electrons. The van der Waals surface area contributed by atoms with Gasteiger partial charge >= 0.3 is 0 Å². The fourth-order valence-corrected chi connectivity index (χ4v) is 3.52. The molecule has 0 heterocycles. The van der Waals surface area contributed by atoms with Gasteiger partial charge in [-0.25, -0.2) is 13.1 Å². The number of hydrogen-bond acceptors (Lipinski definition) is 4. The van der Waals surface area contributed by atoms with Crippen LogP contribution in [0.5, 0.6) is 0 Å². The van der Waals surface area contributed by atoms with Crippen molar-refractivity contribution in [1.82, 2.24) is 4.72 Å². The number of thioether (sulfide) groups is 1. The van der Waals surface area contributed by atoms with Crippen molar-refractivity contribution in [3.8, 4) is 0 Å². The second kappa shape index (κ2) is 6.08. The van der Waals surface area contributed by atoms with E-state index >= 15 is 0 Å². The summed E-state index contributed by atoms with van der Waals surface area (Å²) in [6, 6.07) is 4.48. The first-order valence-corrected chi connectivity index (χ1v) is 8.60. The van der Waals surface area contributed by atoms with Crippen LogP contribution in [0.15, 0.2) is 27.6 Å². The largest absolute Gasteiger partial charge is 0.398 e. The van der Waals surface area contributed by atoms with Crippen LogP contribution in [0.2, 0.25) is 0 Å². The van der Waals surface area contributed by atoms with Gasteiger partial charge in [-0.1, -0.05) is 0 Å². The summed E-state index contributed by atoms with van der Waals surface area (Å²) in [6.07, 6.45) is 1.93. The summed E-state index contributed by atoms with van der Waals surface area (Å²) in [5.74, 6) is 0.727. The zero-order chi connectivity index (χ0) is 13.1. The van der Waals surface area contributed by atoms with Crippen LogP contribution < -0.4 is 10.5 Å². The van der Waals surface area contributed by atoms with Gasteiger partial charge in [-0.05, 0) is 47.3 Å². The van der Waals surface area contributed by atoms with E-state index in [1.807, 2.05) is 13.2 Å². The summed E-state index contributed by atoms with van der Waals surface area (Å²) >= 11 is 4.82. The Morgan fingerprint density at radius 2 is 2.18 bits per heavy atom. The van der Waals surface area contributed by atoms with Gasteiger partial charge in [0.15, 0.2) is 0 Å². The predicted molar refractivity (Wildman–Crippen MR) is 76.7 cm³/mol. The van der Waals surface area contributed by atoms with Crippen LogP contribution in [0.4, 0.5) is 5.69 Å². The highest BCUT2D eigenvalue weighted by Crippen LogP contribution is 2.22. The molecule has 0 radical (unpaired) electrons. The summed E-state index contributed by atoms with van der Waals surface area (Å²) < 4.78 is 27.3. The quantitative estimate of drug-likeness (QED) is 0.806. The third-order valence-corrected chi connectivity index (χ3v) is 5.19. The molecule has 0 spiro atoms. The van der Waals surface area contributed by atoms with Crippen LogP contribution in [0.1, 0.15) is 6.92 Å². The monoisotopic (exact) mass is 338 g/mol. The number of halogens is 1. The molecule has 0 aliphatic carbocycles. The van der Waals surface area contributed by atoms with E-state index in [0.29, 0.717) is 10.2 Å². The average Bonchev–Trinajstić information content (AvgIpc) is 2.21. The van der Waals surface area contributed by atoms with Crippen LogP contribution >= 0.6 is 27.7 Å². The molecule has 0 bridgehead atoms. The van der Waals surface area contributed by atoms with E-state index in [0.717, 1.165) is 5.75 Å². The Balaban J connectivity index is 2.93. The fourth-order valence-electron chi connectivity index (χ4n) is 1.31. The number of nitrogens with two attached hydrogens (primary N) is 1. The summed E-state index contributed by atoms with van der Waals surface area (Å²) in [5, 5.41) is 0. The molecule has 0 aromatic heterocycles. The molecule has 17 heavy (non-hydrogen) atoms. The SMILES string of the molecule is CSCC(C)NS(=O)(=O)c1ccc(Br)c(N)c1. The number of hydrogen-bond donors (Lipinski definition) is 2. The van der Waals surface area contributed by atoms with Crippen LogP contribution in [-0.2, 0) is 10.0 Å². The number of anilines is 1. The first kappa shape index (κ1) is 14.8. The summed E-state index contributed by atoms with van der Waals surface area (Å²) in [6.45, 7) is 1.83. The molecule has 1 aromatic rings. The van der Waals surface area contributed by atoms with E-state index in [2.05, 4.69) is 20.7 Å². The topological polar surface area (TPSA) is 72.2 Å². The lowest BCUT2D eigenvalue weighted by Gasteiger charge is -2.13. The highest BCUT2D eigenvalue weighted by Gasteiger charge is 2.17. The third kappa shape index (κ3) is 4.17. The lowest BCUT2D eigenvalue weighted by molar-refractivity contribution is 0.571. The molecule has 1 unspecified atom stereocenters. The maximum absolute atomic E-state index is 12.0. The molecule has 0 aliphatic rings. The van der Waals surface area contributed by atoms with E-state index in [4.69, 9.17) is 5.73 Å². The van der Waals surface area contributed by atoms with Gasteiger partial charge in [-0.2, -0.15) is 11.8 Å². The molecule has 3 N–H and O–H groups in total. The van der Waals surface area contributed by atoms with Gasteiger partial charge in [0.25, 0.3) is 0 Å². The number of sulfonamides is 1. The van der Waals surface area contributed by atoms with Crippen LogP contribution in [-0.4, -0.2) is 26.5 Å². The molecular weight excluding hydrogens is 324 g/mol. The Kier molecular flexibility index (Phi) is 5.30. The van der Waals surface area contributed by atoms with E-state index in [1.54, 1.807) is 17.8 Å². The number of benzene rings is 1. The van der Waals surface area contributed by atoms with Crippen molar-refractivity contribution < 1.29 is 8.42 Å². The van der Waals surface area contributed by atoms with E-state index in [9.17, 15) is 8.42 Å². The maximum atomic E-state index is 12.0. The van der Waals surface area contributed by atoms with Crippen LogP contribution in [0.25, 0.3) is 0 Å². The second-order valence-electron chi connectivity index (χ2n) is 3.66. The van der Waals surface area contributed by atoms with Crippen LogP contribution in [0, 0.1) is 0 Å². The highest BCUT2D eigenvalue weighted by atomic mass is 79.9. The molecular formula is C10H15BrN2O2S2. The molecule has 0 saturated heterocycles. The second-order valence-corrected chi connectivity index (χ2v) is 7.14. The molecule has 0 aliphatic heterocycles. The first-order chi connectivity index (χ1) is 7.86. The predicted octanol–water partition coefficient (Wildman–Crippen LogP) is 2.06. The van der Waals surface area contributed by atoms with Crippen molar-refractivity contribution in [1.29, 1.82) is 0 Å². The van der Waals surface area contributed by atoms with Crippen LogP contribution in [0.3, 0.4) is 0 Å². The highest BCUT2D eigenvalue weighted by molar-refractivity contribution is 9.10. The van der Waals surface area contributed by atoms with Gasteiger partial charge in [-0.15, -0.1) is 0 Å². The summed E-state index contributed by atoms with van der Waals surface area (Å²) in [4.78, 5) is 0.186. The Hall–Kier alpha value is -0.240. The Morgan fingerprint density at radius 3 is 2.71 bits per heavy atom. The smallest absolute Gasteiger partial charge is 0.240 e. The van der Waals surface area contributed by atoms with Gasteiger partial charge in [0.2, 0.25) is 10.0 Å². The molecule has 1 atom stereocenters. The van der Waals surface area contributed by atoms with E-state index in [1.165, 1.54) is 12.1 Å². The maximum Gasteiger partial charge on any atom is 0.240 e. The summed E-state index contributed by atoms with van der Waals surface area (Å²) in [5.41, 5.74) is 6.07. The molecule has 7 heteroatoms. The minimum Gasteiger partial charge on any atom is -0.398 e. The Labute approximate surface area is 115 Å². The van der Waals surface area contributed by atoms with Crippen molar-refractivity contribution in [3.05, 3.63) is 22.7 Å². The van der Waals surface area contributed by atoms with E-state index < -0.39 is 10.0 Å². The third-order valence-electron chi connectivity index (χ3n) is 2.05. The standard InChI is InChI=1S/C10H15BrN2O2S2/c1-7(6-16-2)13-17(14,15)8-3-4-9(11)10(12)5-8/h3-5,7,13H,6,12H2,1-2H3. The lowest BCUT2D eigenvalue weighted by Crippen LogP contribution is -2.34. The summed E-state index contributed by atoms with van der Waals surface area (Å²) in [7, 11) is -3.49. The first-order valence-electron chi connectivity index (χ1n) is 4.93. The molecule has 0 saturated carbocycles. The normalized spacial score (nSPS) is 13.6. The minimum absolute atomic E-state index is 0.111. The average molecular weight is 339 g/mol. The number of nitrogens with one attached hydrogen (secondary N) is 1. The van der Waals surface area contributed by atoms with Crippen molar-refractivity contribution in [2.24, 2.45) is 0 Å². The van der Waals surface area contributed by atoms with Crippen molar-refractivity contribution in [3.63, 3.8) is 0 Å². The Morgan fingerprint density at radius 1 is 1.53 bits per heavy atom. The number of nitrogen functional groups attached to an aromatic ring is 1. The molecule has 0 amide bonds. The van der Waals surface area contributed by atoms with Gasteiger partial charge in [-0.3, -0.25) is 0 Å². The van der Waals surface area contributed by atoms with Crippen molar-refractivity contribution in [2.45, 2.75) is 17.9 Å². The molecule has 0 fully saturated rings. The number of rotatable bonds is 5. The van der Waals surface area contributed by atoms with Gasteiger partial charge in [0.05, 0.1) is 4.90 Å². The lowest BCUT2D eigenvalue weighted by atomic mass is 10.3.